The lowest BCUT2D eigenvalue weighted by atomic mass is 10.3. The Balaban J connectivity index is 2.03. The van der Waals surface area contributed by atoms with E-state index >= 15 is 0 Å². The third-order valence-corrected chi connectivity index (χ3v) is 3.90. The van der Waals surface area contributed by atoms with E-state index in [4.69, 9.17) is 4.98 Å². The van der Waals surface area contributed by atoms with Crippen LogP contribution in [-0.2, 0) is 13.1 Å². The van der Waals surface area contributed by atoms with Gasteiger partial charge in [0.05, 0.1) is 18.4 Å². The van der Waals surface area contributed by atoms with E-state index in [0.717, 1.165) is 44.1 Å². The van der Waals surface area contributed by atoms with Crippen LogP contribution in [0.25, 0.3) is 0 Å². The van der Waals surface area contributed by atoms with Crippen LogP contribution in [0.4, 0.5) is 5.82 Å². The first-order valence-electron chi connectivity index (χ1n) is 7.12. The van der Waals surface area contributed by atoms with Gasteiger partial charge in [-0.2, -0.15) is 0 Å². The summed E-state index contributed by atoms with van der Waals surface area (Å²) in [4.78, 5) is 12.6. The molecule has 5 heteroatoms. The topological polar surface area (TPSA) is 41.1 Å². The van der Waals surface area contributed by atoms with E-state index in [1.807, 2.05) is 12.4 Å². The molecule has 2 aromatic rings. The van der Waals surface area contributed by atoms with Crippen molar-refractivity contribution in [3.8, 4) is 0 Å². The molecular weight excluding hydrogens is 268 g/mol. The molecule has 0 aliphatic heterocycles. The lowest BCUT2D eigenvalue weighted by Gasteiger charge is -2.21. The second-order valence-corrected chi connectivity index (χ2v) is 5.67. The van der Waals surface area contributed by atoms with Crippen LogP contribution in [0.15, 0.2) is 29.9 Å². The van der Waals surface area contributed by atoms with E-state index in [9.17, 15) is 0 Å². The summed E-state index contributed by atoms with van der Waals surface area (Å²) in [6, 6.07) is 4.25. The SMILES string of the molecule is CCCNCc1cncc(N(CC)Cc2cccs2)n1. The fraction of sp³-hybridized carbons (Fsp3) is 0.467. The maximum Gasteiger partial charge on any atom is 0.147 e. The van der Waals surface area contributed by atoms with Crippen LogP contribution < -0.4 is 10.2 Å². The summed E-state index contributed by atoms with van der Waals surface area (Å²) in [5.41, 5.74) is 1.00. The Morgan fingerprint density at radius 3 is 2.90 bits per heavy atom. The molecule has 0 saturated heterocycles. The summed E-state index contributed by atoms with van der Waals surface area (Å²) >= 11 is 1.78. The Morgan fingerprint density at radius 2 is 2.20 bits per heavy atom. The zero-order chi connectivity index (χ0) is 14.2. The zero-order valence-electron chi connectivity index (χ0n) is 12.2. The van der Waals surface area contributed by atoms with Gasteiger partial charge in [0.25, 0.3) is 0 Å². The Morgan fingerprint density at radius 1 is 1.30 bits per heavy atom. The van der Waals surface area contributed by atoms with Crippen molar-refractivity contribution in [1.29, 1.82) is 0 Å². The van der Waals surface area contributed by atoms with Crippen molar-refractivity contribution < 1.29 is 0 Å². The standard InChI is InChI=1S/C15H22N4S/c1-3-7-16-9-13-10-17-11-15(18-13)19(4-2)12-14-6-5-8-20-14/h5-6,8,10-11,16H,3-4,7,9,12H2,1-2H3. The highest BCUT2D eigenvalue weighted by molar-refractivity contribution is 7.09. The van der Waals surface area contributed by atoms with Crippen LogP contribution in [-0.4, -0.2) is 23.1 Å². The van der Waals surface area contributed by atoms with Crippen LogP contribution in [0.1, 0.15) is 30.8 Å². The summed E-state index contributed by atoms with van der Waals surface area (Å²) in [5.74, 6) is 0.955. The third kappa shape index (κ3) is 4.28. The number of hydrogen-bond donors (Lipinski definition) is 1. The number of aromatic nitrogens is 2. The molecule has 2 rings (SSSR count). The molecule has 0 aliphatic carbocycles. The van der Waals surface area contributed by atoms with Gasteiger partial charge in [-0.1, -0.05) is 13.0 Å². The van der Waals surface area contributed by atoms with Gasteiger partial charge in [0, 0.05) is 24.2 Å². The van der Waals surface area contributed by atoms with Gasteiger partial charge in [-0.15, -0.1) is 11.3 Å². The first-order valence-corrected chi connectivity index (χ1v) is 8.00. The predicted octanol–water partition coefficient (Wildman–Crippen LogP) is 3.06. The quantitative estimate of drug-likeness (QED) is 0.759. The average Bonchev–Trinajstić information content (AvgIpc) is 2.98. The maximum atomic E-state index is 4.70. The van der Waals surface area contributed by atoms with Gasteiger partial charge >= 0.3 is 0 Å². The molecule has 0 fully saturated rings. The van der Waals surface area contributed by atoms with E-state index in [0.29, 0.717) is 0 Å². The first kappa shape index (κ1) is 14.9. The molecule has 2 aromatic heterocycles. The summed E-state index contributed by atoms with van der Waals surface area (Å²) < 4.78 is 0. The Bertz CT molecular complexity index is 498. The van der Waals surface area contributed by atoms with Crippen molar-refractivity contribution in [2.75, 3.05) is 18.0 Å². The van der Waals surface area contributed by atoms with Gasteiger partial charge in [-0.3, -0.25) is 4.98 Å². The Hall–Kier alpha value is -1.46. The highest BCUT2D eigenvalue weighted by atomic mass is 32.1. The van der Waals surface area contributed by atoms with Crippen LogP contribution in [0.2, 0.25) is 0 Å². The van der Waals surface area contributed by atoms with Gasteiger partial charge in [0.15, 0.2) is 0 Å². The highest BCUT2D eigenvalue weighted by Gasteiger charge is 2.08. The van der Waals surface area contributed by atoms with Crippen molar-refractivity contribution in [2.24, 2.45) is 0 Å². The number of thiophene rings is 1. The smallest absolute Gasteiger partial charge is 0.147 e. The summed E-state index contributed by atoms with van der Waals surface area (Å²) in [6.07, 6.45) is 4.82. The van der Waals surface area contributed by atoms with E-state index < -0.39 is 0 Å². The maximum absolute atomic E-state index is 4.70. The predicted molar refractivity (Wildman–Crippen MR) is 85.1 cm³/mol. The summed E-state index contributed by atoms with van der Waals surface area (Å²) in [7, 11) is 0. The first-order chi connectivity index (χ1) is 9.83. The van der Waals surface area contributed by atoms with Crippen LogP contribution in [0, 0.1) is 0 Å². The van der Waals surface area contributed by atoms with Gasteiger partial charge in [0.2, 0.25) is 0 Å². The molecule has 1 N–H and O–H groups in total. The number of anilines is 1. The molecule has 0 unspecified atom stereocenters. The monoisotopic (exact) mass is 290 g/mol. The molecule has 2 heterocycles. The van der Waals surface area contributed by atoms with E-state index in [1.165, 1.54) is 4.88 Å². The minimum absolute atomic E-state index is 0.783. The van der Waals surface area contributed by atoms with Gasteiger partial charge < -0.3 is 10.2 Å². The van der Waals surface area contributed by atoms with Crippen molar-refractivity contribution in [3.63, 3.8) is 0 Å². The average molecular weight is 290 g/mol. The van der Waals surface area contributed by atoms with Crippen LogP contribution in [0.5, 0.6) is 0 Å². The molecule has 0 aliphatic rings. The molecule has 108 valence electrons. The lowest BCUT2D eigenvalue weighted by molar-refractivity contribution is 0.660. The number of nitrogens with zero attached hydrogens (tertiary/aromatic N) is 3. The van der Waals surface area contributed by atoms with Crippen LogP contribution >= 0.6 is 11.3 Å². The number of rotatable bonds is 8. The van der Waals surface area contributed by atoms with Gasteiger partial charge in [0.1, 0.15) is 5.82 Å². The van der Waals surface area contributed by atoms with E-state index in [1.54, 1.807) is 11.3 Å². The summed E-state index contributed by atoms with van der Waals surface area (Å²) in [6.45, 7) is 7.93. The van der Waals surface area contributed by atoms with Crippen molar-refractivity contribution >= 4 is 17.2 Å². The lowest BCUT2D eigenvalue weighted by Crippen LogP contribution is -2.24. The fourth-order valence-electron chi connectivity index (χ4n) is 1.97. The Labute approximate surface area is 124 Å². The number of hydrogen-bond acceptors (Lipinski definition) is 5. The minimum Gasteiger partial charge on any atom is -0.350 e. The van der Waals surface area contributed by atoms with E-state index in [2.05, 4.69) is 46.6 Å². The van der Waals surface area contributed by atoms with Gasteiger partial charge in [-0.05, 0) is 31.3 Å². The molecule has 0 amide bonds. The second-order valence-electron chi connectivity index (χ2n) is 4.64. The fourth-order valence-corrected chi connectivity index (χ4v) is 2.69. The van der Waals surface area contributed by atoms with E-state index in [-0.39, 0.29) is 0 Å². The molecule has 0 atom stereocenters. The Kier molecular flexibility index (Phi) is 5.95. The van der Waals surface area contributed by atoms with Crippen molar-refractivity contribution in [1.82, 2.24) is 15.3 Å². The molecule has 0 radical (unpaired) electrons. The number of nitrogens with one attached hydrogen (secondary N) is 1. The molecule has 0 aromatic carbocycles. The second kappa shape index (κ2) is 7.97. The molecule has 4 nitrogen and oxygen atoms in total. The molecule has 20 heavy (non-hydrogen) atoms. The zero-order valence-corrected chi connectivity index (χ0v) is 13.0. The minimum atomic E-state index is 0.783. The third-order valence-electron chi connectivity index (χ3n) is 3.04. The molecular formula is C15H22N4S. The van der Waals surface area contributed by atoms with Gasteiger partial charge in [-0.25, -0.2) is 4.98 Å². The summed E-state index contributed by atoms with van der Waals surface area (Å²) in [5, 5.41) is 5.47. The largest absolute Gasteiger partial charge is 0.350 e. The normalized spacial score (nSPS) is 10.7. The van der Waals surface area contributed by atoms with Crippen LogP contribution in [0.3, 0.4) is 0 Å². The molecule has 0 spiro atoms. The molecule has 0 bridgehead atoms. The highest BCUT2D eigenvalue weighted by Crippen LogP contribution is 2.17. The van der Waals surface area contributed by atoms with Crippen molar-refractivity contribution in [2.45, 2.75) is 33.4 Å². The van der Waals surface area contributed by atoms with Crippen molar-refractivity contribution in [3.05, 3.63) is 40.5 Å². The molecule has 0 saturated carbocycles.